The van der Waals surface area contributed by atoms with Crippen molar-refractivity contribution in [2.45, 2.75) is 52.0 Å². The first kappa shape index (κ1) is 34.8. The van der Waals surface area contributed by atoms with Crippen LogP contribution in [-0.4, -0.2) is 103 Å². The summed E-state index contributed by atoms with van der Waals surface area (Å²) in [7, 11) is 5.72. The average molecular weight is 586 g/mol. The van der Waals surface area contributed by atoms with Gasteiger partial charge in [0.1, 0.15) is 6.29 Å². The maximum Gasteiger partial charge on any atom is 0.322 e. The molecule has 0 bridgehead atoms. The molecular weight excluding hydrogens is 534 g/mol. The molecule has 2 amide bonds. The van der Waals surface area contributed by atoms with E-state index in [1.165, 1.54) is 6.54 Å². The summed E-state index contributed by atoms with van der Waals surface area (Å²) >= 11 is 0. The van der Waals surface area contributed by atoms with Crippen molar-refractivity contribution in [1.29, 1.82) is 0 Å². The third-order valence-corrected chi connectivity index (χ3v) is 7.64. The fourth-order valence-corrected chi connectivity index (χ4v) is 5.36. The van der Waals surface area contributed by atoms with Gasteiger partial charge >= 0.3 is 6.03 Å². The van der Waals surface area contributed by atoms with Crippen LogP contribution in [-0.2, 0) is 16.6 Å². The van der Waals surface area contributed by atoms with E-state index in [0.29, 0.717) is 30.7 Å². The number of carbonyl (C=O) groups excluding carboxylic acids is 2. The molecule has 2 aliphatic rings. The molecule has 0 unspecified atom stereocenters. The van der Waals surface area contributed by atoms with Crippen molar-refractivity contribution in [1.82, 2.24) is 24.9 Å². The molecule has 0 saturated carbocycles. The summed E-state index contributed by atoms with van der Waals surface area (Å²) in [6.45, 7) is 14.2. The second-order valence-electron chi connectivity index (χ2n) is 11.5. The lowest BCUT2D eigenvalue weighted by atomic mass is 9.98. The summed E-state index contributed by atoms with van der Waals surface area (Å²) in [5, 5.41) is 18.8. The Bertz CT molecular complexity index is 1120. The lowest BCUT2D eigenvalue weighted by Crippen LogP contribution is -2.39. The Kier molecular flexibility index (Phi) is 15.0. The highest BCUT2D eigenvalue weighted by Gasteiger charge is 2.22. The lowest BCUT2D eigenvalue weighted by molar-refractivity contribution is -0.122. The molecule has 0 spiro atoms. The van der Waals surface area contributed by atoms with E-state index >= 15 is 0 Å². The molecule has 2 aromatic rings. The Hall–Kier alpha value is -3.44. The predicted molar refractivity (Wildman–Crippen MR) is 170 cm³/mol. The van der Waals surface area contributed by atoms with Crippen LogP contribution in [0.4, 0.5) is 16.3 Å². The summed E-state index contributed by atoms with van der Waals surface area (Å²) < 4.78 is 1.84. The van der Waals surface area contributed by atoms with E-state index in [1.54, 1.807) is 11.9 Å². The molecule has 234 valence electrons. The number of hydrogen-bond donors (Lipinski definition) is 3. The molecule has 0 radical (unpaired) electrons. The SMILES string of the molecule is C=CCCN(C(=O)NC)c1nn(C)c2cc(NC3CCN(C)CC3)ccc12.CC(C)CN1CCC(C=O)CC1.O=CO. The molecule has 0 atom stereocenters. The lowest BCUT2D eigenvalue weighted by Gasteiger charge is -2.30. The summed E-state index contributed by atoms with van der Waals surface area (Å²) in [5.74, 6) is 1.77. The maximum absolute atomic E-state index is 12.3. The summed E-state index contributed by atoms with van der Waals surface area (Å²) in [6.07, 6.45) is 8.07. The van der Waals surface area contributed by atoms with Gasteiger partial charge in [-0.2, -0.15) is 5.10 Å². The number of anilines is 2. The van der Waals surface area contributed by atoms with E-state index in [-0.39, 0.29) is 12.5 Å². The number of amides is 2. The number of benzene rings is 1. The first-order chi connectivity index (χ1) is 20.2. The zero-order valence-electron chi connectivity index (χ0n) is 26.1. The molecule has 2 saturated heterocycles. The van der Waals surface area contributed by atoms with Gasteiger partial charge in [0.05, 0.1) is 5.52 Å². The van der Waals surface area contributed by atoms with Crippen molar-refractivity contribution < 1.29 is 19.5 Å². The molecule has 4 rings (SSSR count). The van der Waals surface area contributed by atoms with Gasteiger partial charge in [0.25, 0.3) is 6.47 Å². The van der Waals surface area contributed by atoms with E-state index in [1.807, 2.05) is 17.8 Å². The number of rotatable bonds is 9. The van der Waals surface area contributed by atoms with E-state index < -0.39 is 0 Å². The molecule has 3 heterocycles. The molecule has 11 nitrogen and oxygen atoms in total. The minimum absolute atomic E-state index is 0.162. The van der Waals surface area contributed by atoms with Gasteiger partial charge in [0, 0.05) is 50.2 Å². The van der Waals surface area contributed by atoms with Gasteiger partial charge in [-0.1, -0.05) is 19.9 Å². The van der Waals surface area contributed by atoms with Gasteiger partial charge in [-0.3, -0.25) is 14.4 Å². The van der Waals surface area contributed by atoms with Crippen molar-refractivity contribution in [2.24, 2.45) is 18.9 Å². The van der Waals surface area contributed by atoms with Gasteiger partial charge in [-0.15, -0.1) is 6.58 Å². The molecule has 11 heteroatoms. The smallest absolute Gasteiger partial charge is 0.322 e. The van der Waals surface area contributed by atoms with Crippen LogP contribution in [0.3, 0.4) is 0 Å². The second kappa shape index (κ2) is 18.2. The Morgan fingerprint density at radius 1 is 1.14 bits per heavy atom. The number of aryl methyl sites for hydroxylation is 1. The number of piperidine rings is 2. The van der Waals surface area contributed by atoms with E-state index in [0.717, 1.165) is 80.7 Å². The Morgan fingerprint density at radius 3 is 2.33 bits per heavy atom. The van der Waals surface area contributed by atoms with E-state index in [2.05, 4.69) is 71.2 Å². The van der Waals surface area contributed by atoms with Gasteiger partial charge < -0.3 is 30.3 Å². The summed E-state index contributed by atoms with van der Waals surface area (Å²) in [5.41, 5.74) is 2.11. The van der Waals surface area contributed by atoms with E-state index in [9.17, 15) is 9.59 Å². The fraction of sp³-hybridized carbons (Fsp3) is 0.613. The van der Waals surface area contributed by atoms with Crippen molar-refractivity contribution in [2.75, 3.05) is 63.6 Å². The number of nitrogens with one attached hydrogen (secondary N) is 2. The van der Waals surface area contributed by atoms with Gasteiger partial charge in [-0.25, -0.2) is 4.79 Å². The largest absolute Gasteiger partial charge is 0.483 e. The third kappa shape index (κ3) is 10.8. The van der Waals surface area contributed by atoms with Crippen LogP contribution < -0.4 is 15.5 Å². The first-order valence-corrected chi connectivity index (χ1v) is 14.9. The highest BCUT2D eigenvalue weighted by Crippen LogP contribution is 2.29. The number of nitrogens with zero attached hydrogens (tertiary/aromatic N) is 5. The molecular formula is C31H51N7O4. The minimum Gasteiger partial charge on any atom is -0.483 e. The number of aromatic nitrogens is 2. The monoisotopic (exact) mass is 585 g/mol. The van der Waals surface area contributed by atoms with Crippen molar-refractivity contribution in [3.8, 4) is 0 Å². The van der Waals surface area contributed by atoms with Crippen LogP contribution in [0.5, 0.6) is 0 Å². The van der Waals surface area contributed by atoms with Crippen molar-refractivity contribution in [3.05, 3.63) is 30.9 Å². The number of urea groups is 1. The zero-order chi connectivity index (χ0) is 31.1. The number of carbonyl (C=O) groups is 3. The van der Waals surface area contributed by atoms with Crippen LogP contribution in [0.25, 0.3) is 10.9 Å². The minimum atomic E-state index is -0.250. The van der Waals surface area contributed by atoms with Gasteiger partial charge in [-0.05, 0) is 89.4 Å². The topological polar surface area (TPSA) is 123 Å². The second-order valence-corrected chi connectivity index (χ2v) is 11.5. The summed E-state index contributed by atoms with van der Waals surface area (Å²) in [4.78, 5) is 37.7. The molecule has 42 heavy (non-hydrogen) atoms. The predicted octanol–water partition coefficient (Wildman–Crippen LogP) is 4.06. The molecule has 1 aromatic heterocycles. The molecule has 3 N–H and O–H groups in total. The highest BCUT2D eigenvalue weighted by atomic mass is 16.3. The van der Waals surface area contributed by atoms with Gasteiger partial charge in [0.2, 0.25) is 0 Å². The number of carboxylic acid groups (broad SMARTS) is 1. The third-order valence-electron chi connectivity index (χ3n) is 7.64. The quantitative estimate of drug-likeness (QED) is 0.298. The van der Waals surface area contributed by atoms with E-state index in [4.69, 9.17) is 9.90 Å². The zero-order valence-corrected chi connectivity index (χ0v) is 26.1. The molecule has 2 aliphatic heterocycles. The fourth-order valence-electron chi connectivity index (χ4n) is 5.36. The Labute approximate surface area is 250 Å². The number of likely N-dealkylation sites (tertiary alicyclic amines) is 2. The van der Waals surface area contributed by atoms with Crippen molar-refractivity contribution >= 4 is 41.2 Å². The molecule has 1 aromatic carbocycles. The first-order valence-electron chi connectivity index (χ1n) is 14.9. The normalized spacial score (nSPS) is 16.5. The van der Waals surface area contributed by atoms with Crippen LogP contribution in [0.1, 0.15) is 46.0 Å². The Balaban J connectivity index is 0.000000342. The Morgan fingerprint density at radius 2 is 1.79 bits per heavy atom. The summed E-state index contributed by atoms with van der Waals surface area (Å²) in [6, 6.07) is 6.60. The number of aldehydes is 1. The molecule has 0 aliphatic carbocycles. The maximum atomic E-state index is 12.3. The average Bonchev–Trinajstić information content (AvgIpc) is 3.30. The van der Waals surface area contributed by atoms with Crippen LogP contribution in [0.2, 0.25) is 0 Å². The molecule has 2 fully saturated rings. The van der Waals surface area contributed by atoms with Crippen molar-refractivity contribution in [3.63, 3.8) is 0 Å². The van der Waals surface area contributed by atoms with Crippen LogP contribution >= 0.6 is 0 Å². The highest BCUT2D eigenvalue weighted by molar-refractivity contribution is 6.01. The van der Waals surface area contributed by atoms with Gasteiger partial charge in [0.15, 0.2) is 5.82 Å². The standard InChI is InChI=1S/C20H30N6O.C10H19NO.CH2O2/c1-5-6-11-26(20(27)21-2)19-17-8-7-16(14-18(17)25(4)23-19)22-15-9-12-24(3)13-10-15;1-9(2)7-11-5-3-10(8-12)4-6-11;2-1-3/h5,7-8,14-15,22H,1,6,9-13H2,2-4H3,(H,21,27);8-10H,3-7H2,1-2H3;1H,(H,2,3). The number of fused-ring (bicyclic) bond motifs is 1. The van der Waals surface area contributed by atoms with Crippen LogP contribution in [0.15, 0.2) is 30.9 Å². The van der Waals surface area contributed by atoms with Crippen LogP contribution in [0, 0.1) is 11.8 Å². The number of hydrogen-bond acceptors (Lipinski definition) is 7.